The highest BCUT2D eigenvalue weighted by Gasteiger charge is 2.25. The van der Waals surface area contributed by atoms with Crippen LogP contribution in [0.3, 0.4) is 0 Å². The third-order valence-electron chi connectivity index (χ3n) is 6.02. The van der Waals surface area contributed by atoms with Gasteiger partial charge in [0.2, 0.25) is 0 Å². The first-order valence-electron chi connectivity index (χ1n) is 10.1. The monoisotopic (exact) mass is 575 g/mol. The second kappa shape index (κ2) is 9.90. The first kappa shape index (κ1) is 24.0. The molecular formula is C22H27ClIN3OS2. The molecule has 1 fully saturated rings. The number of halogens is 2. The SMILES string of the molecule is Cc1sc2nc(SCC[N+]3(C)CCCCC3)n(-c3ccc(Cl)cc3)c(=O)c2c1C.[I-]. The molecule has 0 aliphatic carbocycles. The molecule has 0 amide bonds. The Morgan fingerprint density at radius 2 is 1.83 bits per heavy atom. The molecule has 1 aliphatic rings. The normalized spacial score (nSPS) is 15.9. The standard InChI is InChI=1S/C22H27ClN3OS2.HI/c1-15-16(2)29-20-19(15)21(27)25(18-9-7-17(23)8-10-18)22(24-20)28-14-13-26(3)11-5-4-6-12-26;/h7-10H,4-6,11-14H2,1-3H3;1H/q+1;/p-1. The minimum Gasteiger partial charge on any atom is -1.00 e. The highest BCUT2D eigenvalue weighted by atomic mass is 127. The molecule has 1 aliphatic heterocycles. The highest BCUT2D eigenvalue weighted by molar-refractivity contribution is 7.99. The molecule has 0 spiro atoms. The number of hydrogen-bond acceptors (Lipinski definition) is 4. The largest absolute Gasteiger partial charge is 1.00 e. The van der Waals surface area contributed by atoms with E-state index in [1.807, 2.05) is 31.2 Å². The molecule has 0 radical (unpaired) electrons. The number of aromatic nitrogens is 2. The van der Waals surface area contributed by atoms with Gasteiger partial charge in [0.25, 0.3) is 5.56 Å². The van der Waals surface area contributed by atoms with Gasteiger partial charge in [-0.1, -0.05) is 23.4 Å². The quantitative estimate of drug-likeness (QED) is 0.203. The maximum Gasteiger partial charge on any atom is 0.267 e. The van der Waals surface area contributed by atoms with Crippen molar-refractivity contribution in [1.29, 1.82) is 0 Å². The van der Waals surface area contributed by atoms with Crippen LogP contribution < -0.4 is 29.5 Å². The molecule has 162 valence electrons. The Labute approximate surface area is 208 Å². The van der Waals surface area contributed by atoms with Gasteiger partial charge in [0.1, 0.15) is 4.83 Å². The number of thioether (sulfide) groups is 1. The predicted octanol–water partition coefficient (Wildman–Crippen LogP) is 2.44. The van der Waals surface area contributed by atoms with E-state index in [4.69, 9.17) is 16.6 Å². The molecule has 3 aromatic rings. The predicted molar refractivity (Wildman–Crippen MR) is 125 cm³/mol. The van der Waals surface area contributed by atoms with Gasteiger partial charge in [0, 0.05) is 9.90 Å². The van der Waals surface area contributed by atoms with Crippen LogP contribution in [0.2, 0.25) is 5.02 Å². The van der Waals surface area contributed by atoms with Gasteiger partial charge in [-0.15, -0.1) is 11.3 Å². The van der Waals surface area contributed by atoms with Crippen LogP contribution in [0.25, 0.3) is 15.9 Å². The summed E-state index contributed by atoms with van der Waals surface area (Å²) in [6.45, 7) is 7.67. The van der Waals surface area contributed by atoms with Crippen molar-refractivity contribution in [2.45, 2.75) is 38.3 Å². The van der Waals surface area contributed by atoms with E-state index in [0.717, 1.165) is 48.3 Å². The summed E-state index contributed by atoms with van der Waals surface area (Å²) in [5.74, 6) is 0.950. The number of fused-ring (bicyclic) bond motifs is 1. The second-order valence-electron chi connectivity index (χ2n) is 8.17. The number of thiophene rings is 1. The zero-order valence-corrected chi connectivity index (χ0v) is 22.1. The average Bonchev–Trinajstić information content (AvgIpc) is 2.97. The van der Waals surface area contributed by atoms with Gasteiger partial charge >= 0.3 is 0 Å². The van der Waals surface area contributed by atoms with Crippen LogP contribution in [0, 0.1) is 13.8 Å². The third kappa shape index (κ3) is 4.90. The van der Waals surface area contributed by atoms with Crippen LogP contribution in [0.15, 0.2) is 34.2 Å². The van der Waals surface area contributed by atoms with Crippen molar-refractivity contribution < 1.29 is 28.5 Å². The maximum absolute atomic E-state index is 13.5. The molecule has 0 bridgehead atoms. The van der Waals surface area contributed by atoms with E-state index < -0.39 is 0 Å². The molecule has 0 atom stereocenters. The number of piperidine rings is 1. The molecule has 30 heavy (non-hydrogen) atoms. The summed E-state index contributed by atoms with van der Waals surface area (Å²) >= 11 is 9.38. The molecule has 4 rings (SSSR count). The summed E-state index contributed by atoms with van der Waals surface area (Å²) in [5.41, 5.74) is 1.87. The smallest absolute Gasteiger partial charge is 0.267 e. The number of quaternary nitrogens is 1. The van der Waals surface area contributed by atoms with Crippen LogP contribution >= 0.6 is 34.7 Å². The lowest BCUT2D eigenvalue weighted by atomic mass is 10.1. The molecule has 3 heterocycles. The Hall–Kier alpha value is -0.610. The molecule has 1 saturated heterocycles. The topological polar surface area (TPSA) is 34.9 Å². The average molecular weight is 576 g/mol. The highest BCUT2D eigenvalue weighted by Crippen LogP contribution is 2.30. The molecular weight excluding hydrogens is 549 g/mol. The fraction of sp³-hybridized carbons (Fsp3) is 0.455. The van der Waals surface area contributed by atoms with E-state index in [2.05, 4.69) is 14.0 Å². The summed E-state index contributed by atoms with van der Waals surface area (Å²) in [4.78, 5) is 20.4. The summed E-state index contributed by atoms with van der Waals surface area (Å²) in [5, 5.41) is 2.17. The lowest BCUT2D eigenvalue weighted by Gasteiger charge is -2.37. The lowest BCUT2D eigenvalue weighted by molar-refractivity contribution is -0.911. The minimum atomic E-state index is 0. The van der Waals surface area contributed by atoms with E-state index in [-0.39, 0.29) is 29.5 Å². The summed E-state index contributed by atoms with van der Waals surface area (Å²) in [6, 6.07) is 7.45. The Morgan fingerprint density at radius 3 is 2.50 bits per heavy atom. The van der Waals surface area contributed by atoms with Crippen LogP contribution in [0.1, 0.15) is 29.7 Å². The van der Waals surface area contributed by atoms with Crippen molar-refractivity contribution in [1.82, 2.24) is 9.55 Å². The van der Waals surface area contributed by atoms with Crippen LogP contribution in [-0.4, -0.2) is 46.5 Å². The Balaban J connectivity index is 0.00000256. The van der Waals surface area contributed by atoms with Crippen LogP contribution in [0.4, 0.5) is 0 Å². The molecule has 1 aromatic carbocycles. The first-order valence-corrected chi connectivity index (χ1v) is 12.3. The van der Waals surface area contributed by atoms with Gasteiger partial charge in [-0.05, 0) is 62.9 Å². The number of rotatable bonds is 5. The van der Waals surface area contributed by atoms with Gasteiger partial charge in [-0.25, -0.2) is 4.98 Å². The molecule has 2 aromatic heterocycles. The third-order valence-corrected chi connectivity index (χ3v) is 8.29. The summed E-state index contributed by atoms with van der Waals surface area (Å²) < 4.78 is 2.89. The molecule has 0 N–H and O–H groups in total. The van der Waals surface area contributed by atoms with Gasteiger partial charge in [-0.2, -0.15) is 0 Å². The van der Waals surface area contributed by atoms with Crippen molar-refractivity contribution in [2.75, 3.05) is 32.4 Å². The van der Waals surface area contributed by atoms with Crippen molar-refractivity contribution in [2.24, 2.45) is 0 Å². The van der Waals surface area contributed by atoms with Crippen LogP contribution in [-0.2, 0) is 0 Å². The van der Waals surface area contributed by atoms with Gasteiger partial charge < -0.3 is 28.5 Å². The van der Waals surface area contributed by atoms with Crippen LogP contribution in [0.5, 0.6) is 0 Å². The number of likely N-dealkylation sites (tertiary alicyclic amines) is 1. The summed E-state index contributed by atoms with van der Waals surface area (Å²) in [7, 11) is 2.36. The first-order chi connectivity index (χ1) is 13.9. The Bertz CT molecular complexity index is 1090. The van der Waals surface area contributed by atoms with Gasteiger partial charge in [0.05, 0.1) is 43.5 Å². The number of benzene rings is 1. The maximum atomic E-state index is 13.5. The number of hydrogen-bond donors (Lipinski definition) is 0. The zero-order chi connectivity index (χ0) is 20.6. The van der Waals surface area contributed by atoms with Crippen molar-refractivity contribution >= 4 is 44.9 Å². The van der Waals surface area contributed by atoms with Crippen molar-refractivity contribution in [3.8, 4) is 5.69 Å². The fourth-order valence-electron chi connectivity index (χ4n) is 4.05. The number of aryl methyl sites for hydroxylation is 2. The summed E-state index contributed by atoms with van der Waals surface area (Å²) in [6.07, 6.45) is 3.98. The van der Waals surface area contributed by atoms with Crippen molar-refractivity contribution in [3.63, 3.8) is 0 Å². The Morgan fingerprint density at radius 1 is 1.17 bits per heavy atom. The molecule has 4 nitrogen and oxygen atoms in total. The van der Waals surface area contributed by atoms with E-state index >= 15 is 0 Å². The number of nitrogens with zero attached hydrogens (tertiary/aromatic N) is 3. The second-order valence-corrected chi connectivity index (χ2v) is 10.9. The molecule has 8 heteroatoms. The lowest BCUT2D eigenvalue weighted by Crippen LogP contribution is -3.00. The van der Waals surface area contributed by atoms with Gasteiger partial charge in [-0.3, -0.25) is 9.36 Å². The van der Waals surface area contributed by atoms with E-state index in [9.17, 15) is 4.79 Å². The van der Waals surface area contributed by atoms with E-state index in [0.29, 0.717) is 5.02 Å². The van der Waals surface area contributed by atoms with Crippen molar-refractivity contribution in [3.05, 3.63) is 50.1 Å². The molecule has 0 saturated carbocycles. The fourth-order valence-corrected chi connectivity index (χ4v) is 6.44. The Kier molecular flexibility index (Phi) is 7.93. The zero-order valence-electron chi connectivity index (χ0n) is 17.6. The van der Waals surface area contributed by atoms with E-state index in [1.165, 1.54) is 32.4 Å². The van der Waals surface area contributed by atoms with Gasteiger partial charge in [0.15, 0.2) is 5.16 Å². The minimum absolute atomic E-state index is 0. The molecule has 0 unspecified atom stereocenters. The van der Waals surface area contributed by atoms with E-state index in [1.54, 1.807) is 27.7 Å².